The molecule has 0 saturated carbocycles. The molecule has 0 aromatic rings. The van der Waals surface area contributed by atoms with Crippen LogP contribution in [0.15, 0.2) is 48.6 Å². The summed E-state index contributed by atoms with van der Waals surface area (Å²) in [5.74, 6) is -0.919. The van der Waals surface area contributed by atoms with E-state index >= 15 is 0 Å². The first kappa shape index (κ1) is 60.4. The van der Waals surface area contributed by atoms with Crippen molar-refractivity contribution in [3.63, 3.8) is 0 Å². The van der Waals surface area contributed by atoms with Gasteiger partial charge in [0.15, 0.2) is 6.10 Å². The predicted molar refractivity (Wildman–Crippen MR) is 270 cm³/mol. The number of carbonyl (C=O) groups is 3. The maximum absolute atomic E-state index is 12.8. The third kappa shape index (κ3) is 50.2. The lowest BCUT2D eigenvalue weighted by Gasteiger charge is -2.18. The van der Waals surface area contributed by atoms with E-state index in [0.717, 1.165) is 89.9 Å². The van der Waals surface area contributed by atoms with Gasteiger partial charge in [0, 0.05) is 19.3 Å². The Labute approximate surface area is 390 Å². The van der Waals surface area contributed by atoms with Crippen molar-refractivity contribution in [2.75, 3.05) is 13.2 Å². The molecular formula is C57H102O6. The minimum absolute atomic E-state index is 0.0874. The number of carbonyl (C=O) groups excluding carboxylic acids is 3. The second-order valence-electron chi connectivity index (χ2n) is 18.2. The van der Waals surface area contributed by atoms with Crippen molar-refractivity contribution < 1.29 is 28.6 Å². The normalized spacial score (nSPS) is 12.4. The third-order valence-corrected chi connectivity index (χ3v) is 11.9. The summed E-state index contributed by atoms with van der Waals surface area (Å²) >= 11 is 0. The molecule has 1 atom stereocenters. The van der Waals surface area contributed by atoms with Crippen molar-refractivity contribution in [3.8, 4) is 0 Å². The average molecular weight is 883 g/mol. The Balaban J connectivity index is 4.37. The second-order valence-corrected chi connectivity index (χ2v) is 18.2. The Morgan fingerprint density at radius 3 is 0.905 bits per heavy atom. The maximum atomic E-state index is 12.8. The van der Waals surface area contributed by atoms with Gasteiger partial charge in [0.1, 0.15) is 13.2 Å². The summed E-state index contributed by atoms with van der Waals surface area (Å²) in [6, 6.07) is 0. The van der Waals surface area contributed by atoms with E-state index in [1.54, 1.807) is 0 Å². The van der Waals surface area contributed by atoms with E-state index < -0.39 is 6.10 Å². The van der Waals surface area contributed by atoms with E-state index in [9.17, 15) is 14.4 Å². The van der Waals surface area contributed by atoms with E-state index in [1.165, 1.54) is 148 Å². The molecule has 1 unspecified atom stereocenters. The Bertz CT molecular complexity index is 1110. The van der Waals surface area contributed by atoms with Crippen LogP contribution in [0.3, 0.4) is 0 Å². The zero-order valence-electron chi connectivity index (χ0n) is 41.8. The number of ether oxygens (including phenoxy) is 3. The first-order chi connectivity index (χ1) is 31.0. The average Bonchev–Trinajstić information content (AvgIpc) is 3.28. The first-order valence-electron chi connectivity index (χ1n) is 27.2. The number of unbranched alkanes of at least 4 members (excludes halogenated alkanes) is 32. The monoisotopic (exact) mass is 883 g/mol. The molecule has 0 heterocycles. The van der Waals surface area contributed by atoms with Crippen molar-refractivity contribution in [2.45, 2.75) is 284 Å². The van der Waals surface area contributed by atoms with Gasteiger partial charge < -0.3 is 14.2 Å². The highest BCUT2D eigenvalue weighted by Gasteiger charge is 2.19. The van der Waals surface area contributed by atoms with Crippen molar-refractivity contribution in [3.05, 3.63) is 48.6 Å². The molecule has 0 aromatic heterocycles. The Morgan fingerprint density at radius 1 is 0.317 bits per heavy atom. The second kappa shape index (κ2) is 52.0. The van der Waals surface area contributed by atoms with Gasteiger partial charge in [0.05, 0.1) is 0 Å². The number of rotatable bonds is 49. The van der Waals surface area contributed by atoms with Gasteiger partial charge in [-0.3, -0.25) is 14.4 Å². The highest BCUT2D eigenvalue weighted by molar-refractivity contribution is 5.71. The number of hydrogen-bond donors (Lipinski definition) is 0. The van der Waals surface area contributed by atoms with Crippen molar-refractivity contribution in [1.29, 1.82) is 0 Å². The molecule has 0 aromatic carbocycles. The molecule has 0 N–H and O–H groups in total. The van der Waals surface area contributed by atoms with Gasteiger partial charge in [-0.25, -0.2) is 0 Å². The van der Waals surface area contributed by atoms with E-state index in [0.29, 0.717) is 19.3 Å². The van der Waals surface area contributed by atoms with Crippen LogP contribution < -0.4 is 0 Å². The molecule has 6 nitrogen and oxygen atoms in total. The topological polar surface area (TPSA) is 78.9 Å². The van der Waals surface area contributed by atoms with Gasteiger partial charge >= 0.3 is 17.9 Å². The van der Waals surface area contributed by atoms with Gasteiger partial charge in [0.25, 0.3) is 0 Å². The van der Waals surface area contributed by atoms with Crippen LogP contribution in [0, 0.1) is 0 Å². The van der Waals surface area contributed by atoms with Crippen molar-refractivity contribution in [1.82, 2.24) is 0 Å². The molecule has 63 heavy (non-hydrogen) atoms. The fourth-order valence-electron chi connectivity index (χ4n) is 7.71. The molecule has 6 heteroatoms. The Hall–Kier alpha value is -2.63. The number of allylic oxidation sites excluding steroid dienone is 8. The highest BCUT2D eigenvalue weighted by atomic mass is 16.6. The van der Waals surface area contributed by atoms with Crippen LogP contribution in [-0.2, 0) is 28.6 Å². The Kier molecular flexibility index (Phi) is 49.8. The van der Waals surface area contributed by atoms with E-state index in [1.807, 2.05) is 0 Å². The molecule has 0 aliphatic heterocycles. The molecule has 366 valence electrons. The summed E-state index contributed by atoms with van der Waals surface area (Å²) < 4.78 is 16.8. The molecule has 0 bridgehead atoms. The van der Waals surface area contributed by atoms with Crippen LogP contribution in [0.5, 0.6) is 0 Å². The lowest BCUT2D eigenvalue weighted by Crippen LogP contribution is -2.30. The van der Waals surface area contributed by atoms with E-state index in [2.05, 4.69) is 69.4 Å². The van der Waals surface area contributed by atoms with Crippen molar-refractivity contribution in [2.24, 2.45) is 0 Å². The summed E-state index contributed by atoms with van der Waals surface area (Å²) in [5, 5.41) is 0. The largest absolute Gasteiger partial charge is 0.462 e. The van der Waals surface area contributed by atoms with E-state index in [4.69, 9.17) is 14.2 Å². The molecule has 0 spiro atoms. The number of esters is 3. The van der Waals surface area contributed by atoms with Crippen LogP contribution in [0.25, 0.3) is 0 Å². The fraction of sp³-hybridized carbons (Fsp3) is 0.807. The van der Waals surface area contributed by atoms with Crippen LogP contribution in [-0.4, -0.2) is 37.2 Å². The minimum Gasteiger partial charge on any atom is -0.462 e. The lowest BCUT2D eigenvalue weighted by atomic mass is 10.0. The molecular weight excluding hydrogens is 781 g/mol. The summed E-state index contributed by atoms with van der Waals surface area (Å²) in [4.78, 5) is 38.0. The first-order valence-corrected chi connectivity index (χ1v) is 27.2. The summed E-state index contributed by atoms with van der Waals surface area (Å²) in [5.41, 5.74) is 0. The maximum Gasteiger partial charge on any atom is 0.306 e. The molecule has 0 saturated heterocycles. The third-order valence-electron chi connectivity index (χ3n) is 11.9. The minimum atomic E-state index is -0.787. The Morgan fingerprint density at radius 2 is 0.571 bits per heavy atom. The molecule has 0 fully saturated rings. The zero-order valence-corrected chi connectivity index (χ0v) is 41.8. The van der Waals surface area contributed by atoms with E-state index in [-0.39, 0.29) is 31.1 Å². The molecule has 0 radical (unpaired) electrons. The van der Waals surface area contributed by atoms with Crippen LogP contribution in [0.4, 0.5) is 0 Å². The standard InChI is InChI=1S/C57H102O6/c1-4-7-10-13-16-19-22-24-26-28-29-31-32-35-38-41-44-47-50-56(59)62-53-54(52-61-55(58)49-46-43-40-37-34-21-18-15-12-9-6-3)63-57(60)51-48-45-42-39-36-33-30-27-25-23-20-17-14-11-8-5-2/h15,18,21,26,28-29,31,34,54H,4-14,16-17,19-20,22-25,27,30,32-33,35-53H2,1-3H3/b18-15-,28-26-,31-29-,34-21-. The van der Waals surface area contributed by atoms with Crippen LogP contribution in [0.1, 0.15) is 278 Å². The van der Waals surface area contributed by atoms with Gasteiger partial charge in [-0.15, -0.1) is 0 Å². The van der Waals surface area contributed by atoms with Crippen LogP contribution in [0.2, 0.25) is 0 Å². The zero-order chi connectivity index (χ0) is 45.8. The summed E-state index contributed by atoms with van der Waals surface area (Å²) in [6.07, 6.45) is 62.4. The molecule has 0 rings (SSSR count). The highest BCUT2D eigenvalue weighted by Crippen LogP contribution is 2.16. The van der Waals surface area contributed by atoms with Gasteiger partial charge in [0.2, 0.25) is 0 Å². The molecule has 0 aliphatic carbocycles. The molecule has 0 aliphatic rings. The lowest BCUT2D eigenvalue weighted by molar-refractivity contribution is -0.167. The van der Waals surface area contributed by atoms with Gasteiger partial charge in [-0.2, -0.15) is 0 Å². The fourth-order valence-corrected chi connectivity index (χ4v) is 7.71. The smallest absolute Gasteiger partial charge is 0.306 e. The van der Waals surface area contributed by atoms with Gasteiger partial charge in [-0.05, 0) is 64.2 Å². The predicted octanol–water partition coefficient (Wildman–Crippen LogP) is 17.9. The van der Waals surface area contributed by atoms with Crippen LogP contribution >= 0.6 is 0 Å². The quantitative estimate of drug-likeness (QED) is 0.0262. The summed E-state index contributed by atoms with van der Waals surface area (Å²) in [7, 11) is 0. The number of hydrogen-bond acceptors (Lipinski definition) is 6. The molecule has 0 amide bonds. The van der Waals surface area contributed by atoms with Crippen molar-refractivity contribution >= 4 is 17.9 Å². The summed E-state index contributed by atoms with van der Waals surface area (Å²) in [6.45, 7) is 6.57. The van der Waals surface area contributed by atoms with Gasteiger partial charge in [-0.1, -0.05) is 243 Å². The SMILES string of the molecule is CCCC/C=C\C=C/CCCCCC(=O)OCC(COC(=O)CCCCCCC/C=C\C=C/CCCCCCCCC)OC(=O)CCCCCCCCCCCCCCCCCC.